The van der Waals surface area contributed by atoms with Crippen LogP contribution in [0.25, 0.3) is 0 Å². The molecule has 32 heavy (non-hydrogen) atoms. The van der Waals surface area contributed by atoms with Gasteiger partial charge >= 0.3 is 5.97 Å². The number of carboxylic acid groups (broad SMARTS) is 1. The first-order valence-corrected chi connectivity index (χ1v) is 12.9. The van der Waals surface area contributed by atoms with E-state index in [1.807, 2.05) is 0 Å². The average Bonchev–Trinajstić information content (AvgIpc) is 2.75. The molecule has 2 N–H and O–H groups in total. The van der Waals surface area contributed by atoms with E-state index < -0.39 is 12.0 Å². The summed E-state index contributed by atoms with van der Waals surface area (Å²) < 4.78 is 0. The van der Waals surface area contributed by atoms with Crippen molar-refractivity contribution in [2.45, 2.75) is 142 Å². The number of rotatable bonds is 23. The van der Waals surface area contributed by atoms with Gasteiger partial charge in [-0.1, -0.05) is 84.0 Å². The number of Topliss-reactive ketones (excluding diaryl/α,β-unsaturated/α-hetero) is 2. The van der Waals surface area contributed by atoms with Gasteiger partial charge in [0, 0.05) is 25.7 Å². The molecular weight excluding hydrogens is 406 g/mol. The van der Waals surface area contributed by atoms with E-state index in [9.17, 15) is 24.3 Å². The van der Waals surface area contributed by atoms with Gasteiger partial charge in [-0.25, -0.2) is 4.79 Å². The molecule has 0 aliphatic heterocycles. The Morgan fingerprint density at radius 1 is 0.656 bits per heavy atom. The first-order chi connectivity index (χ1) is 15.4. The average molecular weight is 454 g/mol. The number of amides is 1. The largest absolute Gasteiger partial charge is 0.480 e. The third-order valence-corrected chi connectivity index (χ3v) is 5.92. The highest BCUT2D eigenvalue weighted by molar-refractivity contribution is 5.84. The van der Waals surface area contributed by atoms with Crippen molar-refractivity contribution < 1.29 is 24.3 Å². The van der Waals surface area contributed by atoms with Crippen LogP contribution < -0.4 is 5.32 Å². The molecule has 0 heterocycles. The Balaban J connectivity index is 3.48. The van der Waals surface area contributed by atoms with Crippen molar-refractivity contribution in [3.8, 4) is 0 Å². The van der Waals surface area contributed by atoms with Crippen LogP contribution in [-0.2, 0) is 19.2 Å². The van der Waals surface area contributed by atoms with Crippen LogP contribution in [0.15, 0.2) is 0 Å². The summed E-state index contributed by atoms with van der Waals surface area (Å²) in [6.45, 7) is 3.42. The zero-order valence-electron chi connectivity index (χ0n) is 20.6. The minimum Gasteiger partial charge on any atom is -0.480 e. The van der Waals surface area contributed by atoms with Crippen molar-refractivity contribution in [2.24, 2.45) is 0 Å². The second-order valence-electron chi connectivity index (χ2n) is 9.04. The van der Waals surface area contributed by atoms with Gasteiger partial charge in [0.15, 0.2) is 0 Å². The molecule has 186 valence electrons. The Labute approximate surface area is 195 Å². The summed E-state index contributed by atoms with van der Waals surface area (Å²) >= 11 is 0. The zero-order valence-corrected chi connectivity index (χ0v) is 20.6. The molecule has 1 atom stereocenters. The molecule has 0 saturated heterocycles. The normalized spacial score (nSPS) is 11.8. The molecule has 0 saturated carbocycles. The standard InChI is InChI=1S/C26H47NO5/c1-3-23(29)20-21-24(26(31)32)27-25(30)19-17-15-13-11-9-7-5-4-6-8-10-12-14-16-18-22(2)28/h24H,3-21H2,1-2H3,(H,27,30)(H,31,32)/t24-/m0/s1. The minimum atomic E-state index is -1.08. The van der Waals surface area contributed by atoms with Crippen molar-refractivity contribution in [1.82, 2.24) is 5.32 Å². The Kier molecular flexibility index (Phi) is 20.0. The first kappa shape index (κ1) is 30.3. The lowest BCUT2D eigenvalue weighted by molar-refractivity contribution is -0.142. The maximum absolute atomic E-state index is 12.0. The van der Waals surface area contributed by atoms with Crippen molar-refractivity contribution in [2.75, 3.05) is 0 Å². The molecular formula is C26H47NO5. The van der Waals surface area contributed by atoms with E-state index in [0.717, 1.165) is 32.1 Å². The minimum absolute atomic E-state index is 0.0166. The third-order valence-electron chi connectivity index (χ3n) is 5.92. The fraction of sp³-hybridized carbons (Fsp3) is 0.846. The maximum atomic E-state index is 12.0. The second-order valence-corrected chi connectivity index (χ2v) is 9.04. The monoisotopic (exact) mass is 453 g/mol. The molecule has 1 amide bonds. The topological polar surface area (TPSA) is 101 Å². The van der Waals surface area contributed by atoms with Gasteiger partial charge in [0.25, 0.3) is 0 Å². The van der Waals surface area contributed by atoms with Crippen LogP contribution in [0.1, 0.15) is 136 Å². The molecule has 0 aromatic heterocycles. The number of hydrogen-bond acceptors (Lipinski definition) is 4. The van der Waals surface area contributed by atoms with Gasteiger partial charge in [0.05, 0.1) is 0 Å². The number of carbonyl (C=O) groups excluding carboxylic acids is 3. The van der Waals surface area contributed by atoms with E-state index in [1.54, 1.807) is 13.8 Å². The quantitative estimate of drug-likeness (QED) is 0.181. The lowest BCUT2D eigenvalue weighted by Crippen LogP contribution is -2.41. The highest BCUT2D eigenvalue weighted by Gasteiger charge is 2.20. The van der Waals surface area contributed by atoms with Crippen LogP contribution in [0.2, 0.25) is 0 Å². The van der Waals surface area contributed by atoms with Crippen molar-refractivity contribution in [1.29, 1.82) is 0 Å². The van der Waals surface area contributed by atoms with E-state index in [1.165, 1.54) is 64.2 Å². The molecule has 0 aliphatic rings. The molecule has 0 unspecified atom stereocenters. The number of unbranched alkanes of at least 4 members (excludes halogenated alkanes) is 13. The summed E-state index contributed by atoms with van der Waals surface area (Å²) in [5.41, 5.74) is 0. The summed E-state index contributed by atoms with van der Waals surface area (Å²) in [5.74, 6) is -0.993. The van der Waals surface area contributed by atoms with Crippen LogP contribution in [0, 0.1) is 0 Å². The predicted molar refractivity (Wildman–Crippen MR) is 129 cm³/mol. The second kappa shape index (κ2) is 21.1. The van der Waals surface area contributed by atoms with Crippen LogP contribution in [0.5, 0.6) is 0 Å². The zero-order chi connectivity index (χ0) is 24.0. The number of aliphatic carboxylic acids is 1. The summed E-state index contributed by atoms with van der Waals surface area (Å²) in [6.07, 6.45) is 18.4. The molecule has 0 aromatic carbocycles. The SMILES string of the molecule is CCC(=O)CC[C@H](NC(=O)CCCCCCCCCCCCCCCCC(C)=O)C(=O)O. The van der Waals surface area contributed by atoms with E-state index in [-0.39, 0.29) is 24.5 Å². The Hall–Kier alpha value is -1.72. The molecule has 0 aromatic rings. The van der Waals surface area contributed by atoms with Crippen molar-refractivity contribution >= 4 is 23.4 Å². The van der Waals surface area contributed by atoms with Crippen LogP contribution in [0.3, 0.4) is 0 Å². The van der Waals surface area contributed by atoms with Crippen LogP contribution in [-0.4, -0.2) is 34.6 Å². The lowest BCUT2D eigenvalue weighted by atomic mass is 10.0. The molecule has 0 rings (SSSR count). The highest BCUT2D eigenvalue weighted by atomic mass is 16.4. The van der Waals surface area contributed by atoms with Gasteiger partial charge in [0.2, 0.25) is 5.91 Å². The van der Waals surface area contributed by atoms with Crippen LogP contribution >= 0.6 is 0 Å². The van der Waals surface area contributed by atoms with Gasteiger partial charge in [-0.15, -0.1) is 0 Å². The summed E-state index contributed by atoms with van der Waals surface area (Å²) in [6, 6.07) is -0.968. The van der Waals surface area contributed by atoms with E-state index in [2.05, 4.69) is 5.32 Å². The van der Waals surface area contributed by atoms with Gasteiger partial charge in [-0.05, 0) is 26.2 Å². The predicted octanol–water partition coefficient (Wildman–Crippen LogP) is 6.15. The highest BCUT2D eigenvalue weighted by Crippen LogP contribution is 2.14. The molecule has 0 bridgehead atoms. The van der Waals surface area contributed by atoms with Crippen molar-refractivity contribution in [3.63, 3.8) is 0 Å². The summed E-state index contributed by atoms with van der Waals surface area (Å²) in [7, 11) is 0. The fourth-order valence-corrected chi connectivity index (χ4v) is 3.79. The van der Waals surface area contributed by atoms with Gasteiger partial charge < -0.3 is 15.2 Å². The maximum Gasteiger partial charge on any atom is 0.326 e. The number of hydrogen-bond donors (Lipinski definition) is 2. The molecule has 0 aliphatic carbocycles. The molecule has 6 nitrogen and oxygen atoms in total. The van der Waals surface area contributed by atoms with Gasteiger partial charge in [-0.3, -0.25) is 9.59 Å². The molecule has 6 heteroatoms. The summed E-state index contributed by atoms with van der Waals surface area (Å²) in [5, 5.41) is 11.7. The number of nitrogens with one attached hydrogen (secondary N) is 1. The van der Waals surface area contributed by atoms with E-state index >= 15 is 0 Å². The first-order valence-electron chi connectivity index (χ1n) is 12.9. The fourth-order valence-electron chi connectivity index (χ4n) is 3.79. The molecule has 0 radical (unpaired) electrons. The third kappa shape index (κ3) is 20.2. The number of carbonyl (C=O) groups is 4. The van der Waals surface area contributed by atoms with Gasteiger partial charge in [-0.2, -0.15) is 0 Å². The van der Waals surface area contributed by atoms with Crippen LogP contribution in [0.4, 0.5) is 0 Å². The van der Waals surface area contributed by atoms with Crippen molar-refractivity contribution in [3.05, 3.63) is 0 Å². The Morgan fingerprint density at radius 3 is 1.44 bits per heavy atom. The summed E-state index contributed by atoms with van der Waals surface area (Å²) in [4.78, 5) is 45.4. The smallest absolute Gasteiger partial charge is 0.326 e. The molecule has 0 fully saturated rings. The Bertz CT molecular complexity index is 532. The van der Waals surface area contributed by atoms with Gasteiger partial charge in [0.1, 0.15) is 17.6 Å². The number of carboxylic acids is 1. The van der Waals surface area contributed by atoms with E-state index in [0.29, 0.717) is 18.6 Å². The lowest BCUT2D eigenvalue weighted by Gasteiger charge is -2.14. The Morgan fingerprint density at radius 2 is 1.06 bits per heavy atom. The number of ketones is 2. The van der Waals surface area contributed by atoms with E-state index in [4.69, 9.17) is 0 Å². The molecule has 0 spiro atoms.